The molecule has 2 fully saturated rings. The summed E-state index contributed by atoms with van der Waals surface area (Å²) in [5.74, 6) is 3.59. The number of para-hydroxylation sites is 1. The summed E-state index contributed by atoms with van der Waals surface area (Å²) in [5.41, 5.74) is 0. The standard InChI is InChI=1S/C18H27NO/c1-15-9-11-19(12-10-15)13-16-7-8-17(16)14-20-18-5-3-2-4-6-18/h2-6,15-17H,7-14H2,1H3. The smallest absolute Gasteiger partial charge is 0.119 e. The van der Waals surface area contributed by atoms with Crippen LogP contribution in [0.3, 0.4) is 0 Å². The fraction of sp³-hybridized carbons (Fsp3) is 0.667. The molecule has 1 saturated heterocycles. The molecule has 0 aromatic heterocycles. The van der Waals surface area contributed by atoms with E-state index < -0.39 is 0 Å². The van der Waals surface area contributed by atoms with Crippen molar-refractivity contribution in [2.45, 2.75) is 32.6 Å². The van der Waals surface area contributed by atoms with Crippen molar-refractivity contribution in [2.24, 2.45) is 17.8 Å². The van der Waals surface area contributed by atoms with E-state index in [4.69, 9.17) is 4.74 Å². The molecule has 2 nitrogen and oxygen atoms in total. The minimum absolute atomic E-state index is 0.773. The summed E-state index contributed by atoms with van der Waals surface area (Å²) in [6.45, 7) is 7.21. The predicted octanol–water partition coefficient (Wildman–Crippen LogP) is 3.82. The lowest BCUT2D eigenvalue weighted by Gasteiger charge is -2.41. The predicted molar refractivity (Wildman–Crippen MR) is 83.0 cm³/mol. The highest BCUT2D eigenvalue weighted by Gasteiger charge is 2.33. The lowest BCUT2D eigenvalue weighted by atomic mass is 9.73. The molecule has 1 saturated carbocycles. The third-order valence-electron chi connectivity index (χ3n) is 5.15. The van der Waals surface area contributed by atoms with Crippen LogP contribution in [0.1, 0.15) is 32.6 Å². The Labute approximate surface area is 123 Å². The number of rotatable bonds is 5. The highest BCUT2D eigenvalue weighted by atomic mass is 16.5. The van der Waals surface area contributed by atoms with Crippen LogP contribution in [-0.4, -0.2) is 31.1 Å². The molecule has 2 aliphatic rings. The van der Waals surface area contributed by atoms with Crippen molar-refractivity contribution >= 4 is 0 Å². The zero-order valence-corrected chi connectivity index (χ0v) is 12.6. The van der Waals surface area contributed by atoms with Gasteiger partial charge in [-0.15, -0.1) is 0 Å². The van der Waals surface area contributed by atoms with Crippen molar-refractivity contribution in [2.75, 3.05) is 26.2 Å². The molecule has 1 aromatic carbocycles. The molecule has 2 heteroatoms. The lowest BCUT2D eigenvalue weighted by molar-refractivity contribution is 0.0565. The molecular formula is C18H27NO. The van der Waals surface area contributed by atoms with Crippen molar-refractivity contribution in [3.8, 4) is 5.75 Å². The van der Waals surface area contributed by atoms with Crippen molar-refractivity contribution in [3.05, 3.63) is 30.3 Å². The first-order valence-corrected chi connectivity index (χ1v) is 8.21. The van der Waals surface area contributed by atoms with Crippen LogP contribution in [0.5, 0.6) is 5.75 Å². The average molecular weight is 273 g/mol. The SMILES string of the molecule is CC1CCN(CC2CCC2COc2ccccc2)CC1. The monoisotopic (exact) mass is 273 g/mol. The van der Waals surface area contributed by atoms with Gasteiger partial charge in [-0.2, -0.15) is 0 Å². The molecule has 110 valence electrons. The largest absolute Gasteiger partial charge is 0.493 e. The van der Waals surface area contributed by atoms with E-state index in [-0.39, 0.29) is 0 Å². The summed E-state index contributed by atoms with van der Waals surface area (Å²) in [6.07, 6.45) is 5.52. The number of nitrogens with zero attached hydrogens (tertiary/aromatic N) is 1. The molecule has 0 N–H and O–H groups in total. The van der Waals surface area contributed by atoms with Crippen LogP contribution in [0, 0.1) is 17.8 Å². The second kappa shape index (κ2) is 6.62. The molecule has 2 unspecified atom stereocenters. The number of hydrogen-bond donors (Lipinski definition) is 0. The highest BCUT2D eigenvalue weighted by Crippen LogP contribution is 2.36. The molecular weight excluding hydrogens is 246 g/mol. The third-order valence-corrected chi connectivity index (χ3v) is 5.15. The summed E-state index contributed by atoms with van der Waals surface area (Å²) in [6, 6.07) is 10.2. The number of ether oxygens (including phenoxy) is 1. The van der Waals surface area contributed by atoms with E-state index in [0.29, 0.717) is 0 Å². The van der Waals surface area contributed by atoms with Gasteiger partial charge in [0.2, 0.25) is 0 Å². The topological polar surface area (TPSA) is 12.5 Å². The Bertz CT molecular complexity index is 397. The molecule has 0 bridgehead atoms. The molecule has 20 heavy (non-hydrogen) atoms. The maximum absolute atomic E-state index is 5.93. The van der Waals surface area contributed by atoms with Gasteiger partial charge in [0.1, 0.15) is 5.75 Å². The molecule has 2 atom stereocenters. The Morgan fingerprint density at radius 1 is 1.00 bits per heavy atom. The first-order chi connectivity index (χ1) is 9.81. The van der Waals surface area contributed by atoms with Crippen LogP contribution in [0.4, 0.5) is 0 Å². The van der Waals surface area contributed by atoms with Crippen LogP contribution in [0.15, 0.2) is 30.3 Å². The van der Waals surface area contributed by atoms with Crippen molar-refractivity contribution < 1.29 is 4.74 Å². The molecule has 1 aliphatic heterocycles. The Balaban J connectivity index is 1.40. The molecule has 1 aliphatic carbocycles. The highest BCUT2D eigenvalue weighted by molar-refractivity contribution is 5.20. The summed E-state index contributed by atoms with van der Waals surface area (Å²) in [7, 11) is 0. The van der Waals surface area contributed by atoms with Crippen molar-refractivity contribution in [1.82, 2.24) is 4.90 Å². The molecule has 0 spiro atoms. The van der Waals surface area contributed by atoms with Gasteiger partial charge in [0, 0.05) is 6.54 Å². The molecule has 0 radical (unpaired) electrons. The van der Waals surface area contributed by atoms with Crippen LogP contribution in [0.25, 0.3) is 0 Å². The normalized spacial score (nSPS) is 28.1. The van der Waals surface area contributed by atoms with Gasteiger partial charge in [0.15, 0.2) is 0 Å². The van der Waals surface area contributed by atoms with Crippen LogP contribution < -0.4 is 4.74 Å². The summed E-state index contributed by atoms with van der Waals surface area (Å²) in [5, 5.41) is 0. The minimum atomic E-state index is 0.773. The van der Waals surface area contributed by atoms with Gasteiger partial charge in [0.05, 0.1) is 6.61 Å². The van der Waals surface area contributed by atoms with Gasteiger partial charge in [0.25, 0.3) is 0 Å². The Hall–Kier alpha value is -1.02. The maximum atomic E-state index is 5.93. The van der Waals surface area contributed by atoms with Gasteiger partial charge >= 0.3 is 0 Å². The van der Waals surface area contributed by atoms with Gasteiger partial charge in [-0.3, -0.25) is 0 Å². The minimum Gasteiger partial charge on any atom is -0.493 e. The Kier molecular flexibility index (Phi) is 4.62. The van der Waals surface area contributed by atoms with E-state index in [1.54, 1.807) is 0 Å². The number of benzene rings is 1. The van der Waals surface area contributed by atoms with Crippen LogP contribution >= 0.6 is 0 Å². The third kappa shape index (κ3) is 3.54. The van der Waals surface area contributed by atoms with E-state index in [2.05, 4.69) is 24.0 Å². The van der Waals surface area contributed by atoms with E-state index >= 15 is 0 Å². The fourth-order valence-corrected chi connectivity index (χ4v) is 3.39. The van der Waals surface area contributed by atoms with E-state index in [9.17, 15) is 0 Å². The van der Waals surface area contributed by atoms with E-state index in [1.807, 2.05) is 18.2 Å². The lowest BCUT2D eigenvalue weighted by Crippen LogP contribution is -2.43. The van der Waals surface area contributed by atoms with Crippen molar-refractivity contribution in [3.63, 3.8) is 0 Å². The summed E-state index contributed by atoms with van der Waals surface area (Å²) < 4.78 is 5.93. The van der Waals surface area contributed by atoms with Crippen molar-refractivity contribution in [1.29, 1.82) is 0 Å². The molecule has 1 aromatic rings. The molecule has 0 amide bonds. The number of likely N-dealkylation sites (tertiary alicyclic amines) is 1. The number of hydrogen-bond acceptors (Lipinski definition) is 2. The fourth-order valence-electron chi connectivity index (χ4n) is 3.39. The molecule has 3 rings (SSSR count). The first-order valence-electron chi connectivity index (χ1n) is 8.21. The first kappa shape index (κ1) is 13.9. The molecule has 1 heterocycles. The van der Waals surface area contributed by atoms with Gasteiger partial charge in [-0.25, -0.2) is 0 Å². The summed E-state index contributed by atoms with van der Waals surface area (Å²) in [4.78, 5) is 2.68. The van der Waals surface area contributed by atoms with Crippen LogP contribution in [0.2, 0.25) is 0 Å². The summed E-state index contributed by atoms with van der Waals surface area (Å²) >= 11 is 0. The van der Waals surface area contributed by atoms with Gasteiger partial charge in [-0.05, 0) is 68.7 Å². The quantitative estimate of drug-likeness (QED) is 0.808. The Morgan fingerprint density at radius 2 is 1.70 bits per heavy atom. The van der Waals surface area contributed by atoms with Gasteiger partial charge in [-0.1, -0.05) is 25.1 Å². The Morgan fingerprint density at radius 3 is 2.35 bits per heavy atom. The van der Waals surface area contributed by atoms with E-state index in [1.165, 1.54) is 45.3 Å². The second-order valence-corrected chi connectivity index (χ2v) is 6.70. The second-order valence-electron chi connectivity index (χ2n) is 6.70. The number of piperidine rings is 1. The van der Waals surface area contributed by atoms with Gasteiger partial charge < -0.3 is 9.64 Å². The maximum Gasteiger partial charge on any atom is 0.119 e. The van der Waals surface area contributed by atoms with E-state index in [0.717, 1.165) is 30.1 Å². The zero-order valence-electron chi connectivity index (χ0n) is 12.6. The average Bonchev–Trinajstić information content (AvgIpc) is 2.47. The van der Waals surface area contributed by atoms with Crippen LogP contribution in [-0.2, 0) is 0 Å². The zero-order chi connectivity index (χ0) is 13.8.